The lowest BCUT2D eigenvalue weighted by molar-refractivity contribution is -0.137. The lowest BCUT2D eigenvalue weighted by atomic mass is 9.91. The summed E-state index contributed by atoms with van der Waals surface area (Å²) in [5, 5.41) is 3.51. The van der Waals surface area contributed by atoms with Crippen LogP contribution in [0.3, 0.4) is 0 Å². The largest absolute Gasteiger partial charge is 0.327 e. The molecule has 0 atom stereocenters. The number of Topliss-reactive ketones (excluding diaryl/α,β-unsaturated/α-hetero) is 1. The number of carbonyl (C=O) groups is 2. The molecule has 0 bridgehead atoms. The molecule has 0 radical (unpaired) electrons. The number of aromatic nitrogens is 1. The van der Waals surface area contributed by atoms with E-state index in [2.05, 4.69) is 41.1 Å². The number of likely N-dealkylation sites (tertiary alicyclic amines) is 1. The van der Waals surface area contributed by atoms with Gasteiger partial charge < -0.3 is 5.32 Å². The third-order valence-corrected chi connectivity index (χ3v) is 5.25. The lowest BCUT2D eigenvalue weighted by Gasteiger charge is -2.31. The molecular formula is C22H27N3O2. The number of benzene rings is 1. The molecule has 0 unspecified atom stereocenters. The number of rotatable bonds is 8. The zero-order valence-corrected chi connectivity index (χ0v) is 15.7. The minimum atomic E-state index is -0.553. The van der Waals surface area contributed by atoms with Crippen molar-refractivity contribution in [2.75, 3.05) is 13.1 Å². The molecule has 1 N–H and O–H groups in total. The Hall–Kier alpha value is -2.53. The highest BCUT2D eigenvalue weighted by Crippen LogP contribution is 2.24. The Morgan fingerprint density at radius 2 is 1.96 bits per heavy atom. The van der Waals surface area contributed by atoms with E-state index in [4.69, 9.17) is 4.98 Å². The molecule has 0 aliphatic carbocycles. The molecule has 1 aliphatic rings. The molecule has 27 heavy (non-hydrogen) atoms. The third-order valence-electron chi connectivity index (χ3n) is 5.25. The van der Waals surface area contributed by atoms with Crippen molar-refractivity contribution in [1.82, 2.24) is 15.2 Å². The van der Waals surface area contributed by atoms with E-state index in [0.717, 1.165) is 56.5 Å². The molecule has 1 aliphatic heterocycles. The van der Waals surface area contributed by atoms with Crippen molar-refractivity contribution in [2.24, 2.45) is 5.92 Å². The summed E-state index contributed by atoms with van der Waals surface area (Å²) in [5.41, 5.74) is 2.17. The van der Waals surface area contributed by atoms with Gasteiger partial charge in [-0.2, -0.15) is 0 Å². The SMILES string of the molecule is C=CNC(=O)C(=O)CCCC1CCN(Cc2ccc3ccccc3n2)CC1. The number of para-hydroxylation sites is 1. The number of nitrogens with zero attached hydrogens (tertiary/aromatic N) is 2. The number of hydrogen-bond acceptors (Lipinski definition) is 4. The van der Waals surface area contributed by atoms with Crippen LogP contribution in [-0.4, -0.2) is 34.7 Å². The first-order valence-electron chi connectivity index (χ1n) is 9.67. The number of amides is 1. The molecule has 5 nitrogen and oxygen atoms in total. The number of carbonyl (C=O) groups excluding carboxylic acids is 2. The highest BCUT2D eigenvalue weighted by atomic mass is 16.2. The van der Waals surface area contributed by atoms with Crippen LogP contribution >= 0.6 is 0 Å². The number of piperidine rings is 1. The van der Waals surface area contributed by atoms with E-state index in [9.17, 15) is 9.59 Å². The van der Waals surface area contributed by atoms with Crippen LogP contribution in [0.5, 0.6) is 0 Å². The summed E-state index contributed by atoms with van der Waals surface area (Å²) >= 11 is 0. The Morgan fingerprint density at radius 3 is 2.74 bits per heavy atom. The number of nitrogens with one attached hydrogen (secondary N) is 1. The monoisotopic (exact) mass is 365 g/mol. The van der Waals surface area contributed by atoms with E-state index < -0.39 is 5.91 Å². The summed E-state index contributed by atoms with van der Waals surface area (Å²) in [7, 11) is 0. The topological polar surface area (TPSA) is 62.3 Å². The van der Waals surface area contributed by atoms with Gasteiger partial charge in [-0.25, -0.2) is 0 Å². The van der Waals surface area contributed by atoms with Crippen molar-refractivity contribution in [3.63, 3.8) is 0 Å². The zero-order valence-electron chi connectivity index (χ0n) is 15.7. The predicted molar refractivity (Wildman–Crippen MR) is 107 cm³/mol. The van der Waals surface area contributed by atoms with Crippen molar-refractivity contribution in [3.05, 3.63) is 54.9 Å². The van der Waals surface area contributed by atoms with E-state index in [1.165, 1.54) is 11.6 Å². The fourth-order valence-electron chi connectivity index (χ4n) is 3.70. The van der Waals surface area contributed by atoms with Gasteiger partial charge in [-0.1, -0.05) is 30.8 Å². The van der Waals surface area contributed by atoms with Gasteiger partial charge in [0, 0.05) is 18.4 Å². The van der Waals surface area contributed by atoms with E-state index in [1.54, 1.807) is 0 Å². The first-order chi connectivity index (χ1) is 13.2. The predicted octanol–water partition coefficient (Wildman–Crippen LogP) is 3.45. The number of ketones is 1. The van der Waals surface area contributed by atoms with Crippen molar-refractivity contribution >= 4 is 22.6 Å². The van der Waals surface area contributed by atoms with E-state index in [-0.39, 0.29) is 5.78 Å². The second kappa shape index (κ2) is 9.42. The first kappa shape index (κ1) is 19.2. The van der Waals surface area contributed by atoms with E-state index in [1.807, 2.05) is 12.1 Å². The van der Waals surface area contributed by atoms with Crippen molar-refractivity contribution < 1.29 is 9.59 Å². The van der Waals surface area contributed by atoms with Gasteiger partial charge in [0.15, 0.2) is 0 Å². The van der Waals surface area contributed by atoms with Crippen LogP contribution < -0.4 is 5.32 Å². The molecule has 2 aromatic rings. The minimum absolute atomic E-state index is 0.320. The quantitative estimate of drug-likeness (QED) is 0.728. The van der Waals surface area contributed by atoms with Gasteiger partial charge in [0.05, 0.1) is 11.2 Å². The molecule has 0 spiro atoms. The normalized spacial score (nSPS) is 15.6. The highest BCUT2D eigenvalue weighted by molar-refractivity contribution is 6.36. The summed E-state index contributed by atoms with van der Waals surface area (Å²) in [6.07, 6.45) is 5.64. The minimum Gasteiger partial charge on any atom is -0.327 e. The molecule has 1 aromatic heterocycles. The molecule has 0 saturated carbocycles. The van der Waals surface area contributed by atoms with Gasteiger partial charge in [-0.15, -0.1) is 0 Å². The Balaban J connectivity index is 1.40. The van der Waals surface area contributed by atoms with Gasteiger partial charge >= 0.3 is 0 Å². The summed E-state index contributed by atoms with van der Waals surface area (Å²) < 4.78 is 0. The fourth-order valence-corrected chi connectivity index (χ4v) is 3.70. The average Bonchev–Trinajstić information content (AvgIpc) is 2.69. The van der Waals surface area contributed by atoms with Gasteiger partial charge in [-0.05, 0) is 63.0 Å². The van der Waals surface area contributed by atoms with Crippen LogP contribution in [0.2, 0.25) is 0 Å². The summed E-state index contributed by atoms with van der Waals surface area (Å²) in [5.74, 6) is -0.265. The number of fused-ring (bicyclic) bond motifs is 1. The number of hydrogen-bond donors (Lipinski definition) is 1. The van der Waals surface area contributed by atoms with Crippen LogP contribution in [0.25, 0.3) is 10.9 Å². The smallest absolute Gasteiger partial charge is 0.291 e. The average molecular weight is 365 g/mol. The van der Waals surface area contributed by atoms with Gasteiger partial charge in [-0.3, -0.25) is 19.5 Å². The molecule has 1 aromatic carbocycles. The van der Waals surface area contributed by atoms with Crippen LogP contribution in [0.15, 0.2) is 49.2 Å². The Kier molecular flexibility index (Phi) is 6.71. The summed E-state index contributed by atoms with van der Waals surface area (Å²) in [6, 6.07) is 12.5. The Bertz CT molecular complexity index is 810. The second-order valence-electron chi connectivity index (χ2n) is 7.21. The Labute approximate surface area is 160 Å². The first-order valence-corrected chi connectivity index (χ1v) is 9.67. The Morgan fingerprint density at radius 1 is 1.19 bits per heavy atom. The highest BCUT2D eigenvalue weighted by Gasteiger charge is 2.20. The molecule has 1 saturated heterocycles. The molecule has 5 heteroatoms. The van der Waals surface area contributed by atoms with Crippen molar-refractivity contribution in [3.8, 4) is 0 Å². The van der Waals surface area contributed by atoms with Gasteiger partial charge in [0.2, 0.25) is 5.78 Å². The standard InChI is InChI=1S/C22H27N3O2/c1-2-23-22(27)21(26)9-5-6-17-12-14-25(15-13-17)16-19-11-10-18-7-3-4-8-20(18)24-19/h2-4,7-8,10-11,17H,1,5-6,9,12-16H2,(H,23,27). The molecule has 142 valence electrons. The van der Waals surface area contributed by atoms with Crippen molar-refractivity contribution in [1.29, 1.82) is 0 Å². The molecule has 3 rings (SSSR count). The van der Waals surface area contributed by atoms with Crippen LogP contribution in [0.4, 0.5) is 0 Å². The third kappa shape index (κ3) is 5.47. The maximum atomic E-state index is 11.6. The van der Waals surface area contributed by atoms with Crippen LogP contribution in [-0.2, 0) is 16.1 Å². The fraction of sp³-hybridized carbons (Fsp3) is 0.409. The second-order valence-corrected chi connectivity index (χ2v) is 7.21. The van der Waals surface area contributed by atoms with E-state index in [0.29, 0.717) is 12.3 Å². The van der Waals surface area contributed by atoms with Crippen molar-refractivity contribution in [2.45, 2.75) is 38.6 Å². The number of pyridine rings is 1. The molecule has 1 amide bonds. The summed E-state index contributed by atoms with van der Waals surface area (Å²) in [4.78, 5) is 30.2. The zero-order chi connectivity index (χ0) is 19.1. The van der Waals surface area contributed by atoms with Gasteiger partial charge in [0.25, 0.3) is 5.91 Å². The summed E-state index contributed by atoms with van der Waals surface area (Å²) in [6.45, 7) is 6.40. The maximum Gasteiger partial charge on any atom is 0.291 e. The molecule has 1 fully saturated rings. The van der Waals surface area contributed by atoms with Crippen LogP contribution in [0, 0.1) is 5.92 Å². The van der Waals surface area contributed by atoms with E-state index >= 15 is 0 Å². The molecular weight excluding hydrogens is 338 g/mol. The molecule has 2 heterocycles. The maximum absolute atomic E-state index is 11.6. The van der Waals surface area contributed by atoms with Crippen LogP contribution in [0.1, 0.15) is 37.8 Å². The van der Waals surface area contributed by atoms with Gasteiger partial charge in [0.1, 0.15) is 0 Å². The lowest BCUT2D eigenvalue weighted by Crippen LogP contribution is -2.33.